The number of pyridine rings is 1. The SMILES string of the molecule is CC(CCC1OOC(C)(C)C(C)(CI)O1)NCCNc1ccnc2cc(Cl)ccc12. The van der Waals surface area contributed by atoms with E-state index in [-0.39, 0.29) is 11.9 Å². The van der Waals surface area contributed by atoms with E-state index < -0.39 is 5.60 Å². The van der Waals surface area contributed by atoms with Crippen LogP contribution in [-0.2, 0) is 14.5 Å². The molecule has 0 saturated carbocycles. The standard InChI is InChI=1S/C22H31ClIN3O3/c1-15(5-8-20-28-22(4,14-24)21(2,3)30-29-20)25-11-12-27-18-9-10-26-19-13-16(23)6-7-17(18)19/h6-7,9-10,13,15,20,25H,5,8,11-12,14H2,1-4H3,(H,26,27). The van der Waals surface area contributed by atoms with E-state index >= 15 is 0 Å². The monoisotopic (exact) mass is 547 g/mol. The number of hydrogen-bond donors (Lipinski definition) is 2. The lowest BCUT2D eigenvalue weighted by atomic mass is 9.89. The van der Waals surface area contributed by atoms with E-state index in [9.17, 15) is 0 Å². The Kier molecular flexibility index (Phi) is 8.20. The van der Waals surface area contributed by atoms with E-state index in [2.05, 4.69) is 52.1 Å². The Morgan fingerprint density at radius 1 is 1.23 bits per heavy atom. The third-order valence-electron chi connectivity index (χ3n) is 5.76. The molecule has 1 aliphatic heterocycles. The van der Waals surface area contributed by atoms with Crippen LogP contribution in [0.1, 0.15) is 40.5 Å². The molecule has 0 bridgehead atoms. The molecule has 1 fully saturated rings. The minimum Gasteiger partial charge on any atom is -0.383 e. The number of hydrogen-bond acceptors (Lipinski definition) is 6. The van der Waals surface area contributed by atoms with Gasteiger partial charge in [0.2, 0.25) is 0 Å². The molecule has 0 radical (unpaired) electrons. The van der Waals surface area contributed by atoms with Crippen molar-refractivity contribution in [1.29, 1.82) is 0 Å². The molecule has 1 aromatic carbocycles. The first kappa shape index (κ1) is 23.9. The van der Waals surface area contributed by atoms with Crippen molar-refractivity contribution in [2.24, 2.45) is 0 Å². The average molecular weight is 548 g/mol. The lowest BCUT2D eigenvalue weighted by Crippen LogP contribution is -2.59. The largest absolute Gasteiger partial charge is 0.383 e. The molecule has 166 valence electrons. The average Bonchev–Trinajstić information content (AvgIpc) is 2.72. The molecule has 3 atom stereocenters. The van der Waals surface area contributed by atoms with Gasteiger partial charge in [-0.25, -0.2) is 9.78 Å². The zero-order chi connectivity index (χ0) is 21.8. The summed E-state index contributed by atoms with van der Waals surface area (Å²) in [5.74, 6) is 0. The van der Waals surface area contributed by atoms with Gasteiger partial charge >= 0.3 is 0 Å². The molecule has 2 heterocycles. The van der Waals surface area contributed by atoms with Gasteiger partial charge in [-0.2, -0.15) is 0 Å². The van der Waals surface area contributed by atoms with E-state index in [1.807, 2.05) is 38.1 Å². The number of benzene rings is 1. The number of anilines is 1. The summed E-state index contributed by atoms with van der Waals surface area (Å²) < 4.78 is 7.05. The molecule has 30 heavy (non-hydrogen) atoms. The van der Waals surface area contributed by atoms with Gasteiger partial charge in [-0.05, 0) is 58.4 Å². The Morgan fingerprint density at radius 2 is 2.03 bits per heavy atom. The van der Waals surface area contributed by atoms with Crippen molar-refractivity contribution in [3.63, 3.8) is 0 Å². The van der Waals surface area contributed by atoms with Gasteiger partial charge in [-0.15, -0.1) is 0 Å². The third-order valence-corrected chi connectivity index (χ3v) is 7.45. The number of nitrogens with zero attached hydrogens (tertiary/aromatic N) is 1. The Morgan fingerprint density at radius 3 is 2.80 bits per heavy atom. The summed E-state index contributed by atoms with van der Waals surface area (Å²) in [6.45, 7) is 9.92. The topological polar surface area (TPSA) is 64.6 Å². The molecule has 1 aromatic heterocycles. The van der Waals surface area contributed by atoms with Gasteiger partial charge in [0.25, 0.3) is 0 Å². The molecule has 0 spiro atoms. The van der Waals surface area contributed by atoms with Crippen molar-refractivity contribution in [1.82, 2.24) is 10.3 Å². The van der Waals surface area contributed by atoms with Crippen molar-refractivity contribution in [3.8, 4) is 0 Å². The van der Waals surface area contributed by atoms with Crippen LogP contribution in [0.4, 0.5) is 5.69 Å². The fourth-order valence-electron chi connectivity index (χ4n) is 3.29. The summed E-state index contributed by atoms with van der Waals surface area (Å²) in [4.78, 5) is 15.5. The molecule has 0 aliphatic carbocycles. The molecule has 1 aliphatic rings. The molecule has 3 rings (SSSR count). The molecule has 6 nitrogen and oxygen atoms in total. The molecule has 8 heteroatoms. The zero-order valence-electron chi connectivity index (χ0n) is 18.0. The molecule has 2 N–H and O–H groups in total. The Balaban J connectivity index is 1.40. The summed E-state index contributed by atoms with van der Waals surface area (Å²) in [6.07, 6.45) is 3.17. The fraction of sp³-hybridized carbons (Fsp3) is 0.591. The molecule has 3 unspecified atom stereocenters. The lowest BCUT2D eigenvalue weighted by Gasteiger charge is -2.47. The highest BCUT2D eigenvalue weighted by atomic mass is 127. The van der Waals surface area contributed by atoms with Crippen LogP contribution in [0.15, 0.2) is 30.5 Å². The van der Waals surface area contributed by atoms with Crippen molar-refractivity contribution < 1.29 is 14.5 Å². The second-order valence-corrected chi connectivity index (χ2v) is 9.68. The highest BCUT2D eigenvalue weighted by Gasteiger charge is 2.49. The number of halogens is 2. The van der Waals surface area contributed by atoms with Crippen LogP contribution in [0.25, 0.3) is 10.9 Å². The number of ether oxygens (including phenoxy) is 1. The highest BCUT2D eigenvalue weighted by Crippen LogP contribution is 2.38. The molecule has 1 saturated heterocycles. The quantitative estimate of drug-likeness (QED) is 0.191. The van der Waals surface area contributed by atoms with Gasteiger partial charge in [0, 0.05) is 52.3 Å². The summed E-state index contributed by atoms with van der Waals surface area (Å²) in [7, 11) is 0. The van der Waals surface area contributed by atoms with E-state index in [0.29, 0.717) is 11.1 Å². The first-order valence-corrected chi connectivity index (χ1v) is 12.2. The van der Waals surface area contributed by atoms with Crippen LogP contribution in [-0.4, -0.2) is 46.0 Å². The number of nitrogens with one attached hydrogen (secondary N) is 2. The Bertz CT molecular complexity index is 853. The highest BCUT2D eigenvalue weighted by molar-refractivity contribution is 14.1. The van der Waals surface area contributed by atoms with Crippen LogP contribution < -0.4 is 10.6 Å². The number of alkyl halides is 1. The van der Waals surface area contributed by atoms with Crippen LogP contribution in [0.3, 0.4) is 0 Å². The zero-order valence-corrected chi connectivity index (χ0v) is 20.9. The van der Waals surface area contributed by atoms with Crippen LogP contribution in [0.5, 0.6) is 0 Å². The van der Waals surface area contributed by atoms with Gasteiger partial charge in [-0.1, -0.05) is 34.2 Å². The summed E-state index contributed by atoms with van der Waals surface area (Å²) in [5, 5.41) is 8.80. The van der Waals surface area contributed by atoms with Gasteiger partial charge < -0.3 is 15.4 Å². The number of rotatable bonds is 9. The second kappa shape index (κ2) is 10.3. The van der Waals surface area contributed by atoms with Crippen molar-refractivity contribution >= 4 is 50.8 Å². The maximum absolute atomic E-state index is 6.21. The van der Waals surface area contributed by atoms with Gasteiger partial charge in [0.15, 0.2) is 6.29 Å². The van der Waals surface area contributed by atoms with E-state index in [1.165, 1.54) is 0 Å². The molecular weight excluding hydrogens is 517 g/mol. The van der Waals surface area contributed by atoms with Crippen LogP contribution in [0, 0.1) is 0 Å². The third kappa shape index (κ3) is 5.75. The Labute approximate surface area is 197 Å². The maximum atomic E-state index is 6.21. The molecule has 0 amide bonds. The smallest absolute Gasteiger partial charge is 0.192 e. The molecular formula is C22H31ClIN3O3. The van der Waals surface area contributed by atoms with Gasteiger partial charge in [0.1, 0.15) is 11.2 Å². The second-order valence-electron chi connectivity index (χ2n) is 8.48. The van der Waals surface area contributed by atoms with Crippen molar-refractivity contribution in [2.75, 3.05) is 22.8 Å². The fourth-order valence-corrected chi connectivity index (χ4v) is 4.56. The Hall–Kier alpha value is -0.710. The van der Waals surface area contributed by atoms with E-state index in [4.69, 9.17) is 26.1 Å². The first-order chi connectivity index (χ1) is 14.2. The summed E-state index contributed by atoms with van der Waals surface area (Å²) in [5.41, 5.74) is 1.12. The van der Waals surface area contributed by atoms with Crippen LogP contribution in [0.2, 0.25) is 5.02 Å². The van der Waals surface area contributed by atoms with Crippen molar-refractivity contribution in [2.45, 2.75) is 64.1 Å². The lowest BCUT2D eigenvalue weighted by molar-refractivity contribution is -0.499. The summed E-state index contributed by atoms with van der Waals surface area (Å²) in [6, 6.07) is 8.10. The normalized spacial score (nSPS) is 24.7. The minimum absolute atomic E-state index is 0.338. The van der Waals surface area contributed by atoms with Gasteiger partial charge in [0.05, 0.1) is 5.52 Å². The predicted molar refractivity (Wildman–Crippen MR) is 130 cm³/mol. The van der Waals surface area contributed by atoms with Crippen molar-refractivity contribution in [3.05, 3.63) is 35.5 Å². The minimum atomic E-state index is -0.470. The van der Waals surface area contributed by atoms with E-state index in [0.717, 1.165) is 46.9 Å². The van der Waals surface area contributed by atoms with Crippen LogP contribution >= 0.6 is 34.2 Å². The number of aromatic nitrogens is 1. The van der Waals surface area contributed by atoms with E-state index in [1.54, 1.807) is 6.20 Å². The number of fused-ring (bicyclic) bond motifs is 1. The summed E-state index contributed by atoms with van der Waals surface area (Å²) >= 11 is 8.40. The molecule has 2 aromatic rings. The first-order valence-electron chi connectivity index (χ1n) is 10.3. The van der Waals surface area contributed by atoms with Gasteiger partial charge in [-0.3, -0.25) is 4.98 Å². The predicted octanol–water partition coefficient (Wildman–Crippen LogP) is 5.34. The maximum Gasteiger partial charge on any atom is 0.192 e.